The van der Waals surface area contributed by atoms with Gasteiger partial charge in [-0.25, -0.2) is 0 Å². The molecule has 116 valence electrons. The molecule has 0 aliphatic carbocycles. The Kier molecular flexibility index (Phi) is 7.15. The van der Waals surface area contributed by atoms with Crippen LogP contribution >= 0.6 is 0 Å². The number of allylic oxidation sites excluding steroid dienone is 1. The largest absolute Gasteiger partial charge is 0.276 e. The van der Waals surface area contributed by atoms with E-state index in [4.69, 9.17) is 0 Å². The van der Waals surface area contributed by atoms with E-state index in [1.54, 1.807) is 30.3 Å². The van der Waals surface area contributed by atoms with Crippen LogP contribution in [-0.2, 0) is 10.0 Å². The van der Waals surface area contributed by atoms with Crippen molar-refractivity contribution in [1.29, 1.82) is 0 Å². The first kappa shape index (κ1) is 17.4. The molecule has 0 unspecified atom stereocenters. The molecular formula is C16H24N2O2S. The monoisotopic (exact) mass is 308 g/mol. The van der Waals surface area contributed by atoms with Gasteiger partial charge >= 0.3 is 0 Å². The molecule has 0 fully saturated rings. The third-order valence-corrected chi connectivity index (χ3v) is 4.39. The molecule has 0 saturated heterocycles. The van der Waals surface area contributed by atoms with Crippen LogP contribution in [0.15, 0.2) is 46.9 Å². The summed E-state index contributed by atoms with van der Waals surface area (Å²) < 4.78 is 24.2. The lowest BCUT2D eigenvalue weighted by Gasteiger charge is -2.06. The predicted octanol–water partition coefficient (Wildman–Crippen LogP) is 3.79. The third kappa shape index (κ3) is 6.12. The Morgan fingerprint density at radius 2 is 1.90 bits per heavy atom. The summed E-state index contributed by atoms with van der Waals surface area (Å²) in [6.45, 7) is 7.74. The van der Waals surface area contributed by atoms with Crippen molar-refractivity contribution >= 4 is 15.7 Å². The van der Waals surface area contributed by atoms with Gasteiger partial charge in [0.25, 0.3) is 10.0 Å². The van der Waals surface area contributed by atoms with Crippen LogP contribution in [0.4, 0.5) is 0 Å². The highest BCUT2D eigenvalue weighted by molar-refractivity contribution is 7.89. The summed E-state index contributed by atoms with van der Waals surface area (Å²) >= 11 is 0. The second-order valence-corrected chi connectivity index (χ2v) is 6.69. The summed E-state index contributed by atoms with van der Waals surface area (Å²) in [5.74, 6) is 0. The maximum absolute atomic E-state index is 12.1. The molecular weight excluding hydrogens is 284 g/mol. The number of nitrogens with one attached hydrogen (secondary N) is 1. The number of unbranched alkanes of at least 4 members (excludes halogenated alkanes) is 3. The number of benzene rings is 1. The smallest absolute Gasteiger partial charge is 0.200 e. The summed E-state index contributed by atoms with van der Waals surface area (Å²) in [4.78, 5) is 2.49. The number of hydrazone groups is 1. The van der Waals surface area contributed by atoms with E-state index >= 15 is 0 Å². The van der Waals surface area contributed by atoms with E-state index in [0.717, 1.165) is 24.8 Å². The molecule has 5 heteroatoms. The number of hydrogen-bond donors (Lipinski definition) is 1. The fraction of sp³-hybridized carbons (Fsp3) is 0.438. The summed E-state index contributed by atoms with van der Waals surface area (Å²) in [6, 6.07) is 6.67. The maximum atomic E-state index is 12.1. The van der Waals surface area contributed by atoms with Crippen molar-refractivity contribution < 1.29 is 8.42 Å². The van der Waals surface area contributed by atoms with Crippen molar-refractivity contribution in [1.82, 2.24) is 4.83 Å². The van der Waals surface area contributed by atoms with E-state index < -0.39 is 10.0 Å². The molecule has 1 N–H and O–H groups in total. The van der Waals surface area contributed by atoms with Crippen molar-refractivity contribution in [2.45, 2.75) is 50.8 Å². The Bertz CT molecular complexity index is 575. The molecule has 0 aliphatic rings. The quantitative estimate of drug-likeness (QED) is 0.429. The topological polar surface area (TPSA) is 58.5 Å². The molecule has 0 bridgehead atoms. The highest BCUT2D eigenvalue weighted by atomic mass is 32.2. The third-order valence-electron chi connectivity index (χ3n) is 3.16. The van der Waals surface area contributed by atoms with Crippen LogP contribution in [0.3, 0.4) is 0 Å². The fourth-order valence-electron chi connectivity index (χ4n) is 1.83. The highest BCUT2D eigenvalue weighted by Gasteiger charge is 2.12. The van der Waals surface area contributed by atoms with E-state index in [-0.39, 0.29) is 4.90 Å². The fourth-order valence-corrected chi connectivity index (χ4v) is 2.66. The minimum atomic E-state index is -3.60. The lowest BCUT2D eigenvalue weighted by molar-refractivity contribution is 0.584. The Hall–Kier alpha value is -1.62. The SMILES string of the molecule is C=C/C(CCCCCC)=N/NS(=O)(=O)c1ccc(C)cc1. The van der Waals surface area contributed by atoms with Crippen LogP contribution in [0, 0.1) is 6.92 Å². The van der Waals surface area contributed by atoms with Crippen LogP contribution in [0.25, 0.3) is 0 Å². The zero-order valence-electron chi connectivity index (χ0n) is 12.8. The Morgan fingerprint density at radius 1 is 1.24 bits per heavy atom. The van der Waals surface area contributed by atoms with Crippen molar-refractivity contribution in [2.75, 3.05) is 0 Å². The first-order chi connectivity index (χ1) is 9.99. The van der Waals surface area contributed by atoms with E-state index in [9.17, 15) is 8.42 Å². The van der Waals surface area contributed by atoms with Crippen molar-refractivity contribution in [3.8, 4) is 0 Å². The van der Waals surface area contributed by atoms with Crippen molar-refractivity contribution in [3.05, 3.63) is 42.5 Å². The van der Waals surface area contributed by atoms with E-state index in [2.05, 4.69) is 23.4 Å². The number of aryl methyl sites for hydroxylation is 1. The van der Waals surface area contributed by atoms with Crippen molar-refractivity contribution in [2.24, 2.45) is 5.10 Å². The summed E-state index contributed by atoms with van der Waals surface area (Å²) in [5.41, 5.74) is 1.68. The van der Waals surface area contributed by atoms with Gasteiger partial charge < -0.3 is 0 Å². The number of hydrogen-bond acceptors (Lipinski definition) is 3. The van der Waals surface area contributed by atoms with Gasteiger partial charge in [-0.1, -0.05) is 50.5 Å². The normalized spacial score (nSPS) is 12.2. The highest BCUT2D eigenvalue weighted by Crippen LogP contribution is 2.10. The molecule has 0 spiro atoms. The zero-order valence-corrected chi connectivity index (χ0v) is 13.6. The molecule has 0 aliphatic heterocycles. The second-order valence-electron chi connectivity index (χ2n) is 5.03. The first-order valence-corrected chi connectivity index (χ1v) is 8.75. The summed E-state index contributed by atoms with van der Waals surface area (Å²) in [6.07, 6.45) is 6.79. The van der Waals surface area contributed by atoms with Gasteiger partial charge in [0.05, 0.1) is 10.6 Å². The van der Waals surface area contributed by atoms with Gasteiger partial charge in [-0.3, -0.25) is 0 Å². The van der Waals surface area contributed by atoms with Gasteiger partial charge in [0.1, 0.15) is 0 Å². The molecule has 21 heavy (non-hydrogen) atoms. The average Bonchev–Trinajstić information content (AvgIpc) is 2.47. The molecule has 0 aromatic heterocycles. The van der Waals surface area contributed by atoms with Gasteiger partial charge in [-0.2, -0.15) is 18.4 Å². The Balaban J connectivity index is 2.66. The summed E-state index contributed by atoms with van der Waals surface area (Å²) in [5, 5.41) is 3.97. The Labute approximate surface area is 128 Å². The maximum Gasteiger partial charge on any atom is 0.276 e. The van der Waals surface area contributed by atoms with Crippen LogP contribution in [0.2, 0.25) is 0 Å². The molecule has 0 atom stereocenters. The van der Waals surface area contributed by atoms with Gasteiger partial charge in [-0.15, -0.1) is 0 Å². The second kappa shape index (κ2) is 8.62. The van der Waals surface area contributed by atoms with Crippen LogP contribution < -0.4 is 4.83 Å². The van der Waals surface area contributed by atoms with Crippen molar-refractivity contribution in [3.63, 3.8) is 0 Å². The van der Waals surface area contributed by atoms with Gasteiger partial charge in [0.15, 0.2) is 0 Å². The molecule has 1 rings (SSSR count). The number of nitrogens with zero attached hydrogens (tertiary/aromatic N) is 1. The molecule has 0 amide bonds. The minimum absolute atomic E-state index is 0.214. The van der Waals surface area contributed by atoms with Crippen LogP contribution in [-0.4, -0.2) is 14.1 Å². The zero-order chi connectivity index (χ0) is 15.7. The molecule has 0 heterocycles. The van der Waals surface area contributed by atoms with Crippen LogP contribution in [0.5, 0.6) is 0 Å². The summed E-state index contributed by atoms with van der Waals surface area (Å²) in [7, 11) is -3.60. The molecule has 4 nitrogen and oxygen atoms in total. The number of rotatable bonds is 9. The first-order valence-electron chi connectivity index (χ1n) is 7.27. The lowest BCUT2D eigenvalue weighted by atomic mass is 10.1. The van der Waals surface area contributed by atoms with Gasteiger partial charge in [0, 0.05) is 0 Å². The predicted molar refractivity (Wildman–Crippen MR) is 87.9 cm³/mol. The lowest BCUT2D eigenvalue weighted by Crippen LogP contribution is -2.19. The standard InChI is InChI=1S/C16H24N2O2S/c1-4-6-7-8-9-15(5-2)17-18-21(19,20)16-12-10-14(3)11-13-16/h5,10-13,18H,2,4,6-9H2,1,3H3/b17-15-. The Morgan fingerprint density at radius 3 is 2.48 bits per heavy atom. The van der Waals surface area contributed by atoms with E-state index in [1.807, 2.05) is 6.92 Å². The molecule has 0 radical (unpaired) electrons. The molecule has 0 saturated carbocycles. The minimum Gasteiger partial charge on any atom is -0.200 e. The average molecular weight is 308 g/mol. The molecule has 1 aromatic rings. The number of sulfonamides is 1. The van der Waals surface area contributed by atoms with E-state index in [0.29, 0.717) is 5.71 Å². The van der Waals surface area contributed by atoms with Gasteiger partial charge in [-0.05, 0) is 38.0 Å². The molecule has 1 aromatic carbocycles. The van der Waals surface area contributed by atoms with E-state index in [1.165, 1.54) is 12.8 Å². The van der Waals surface area contributed by atoms with Gasteiger partial charge in [0.2, 0.25) is 0 Å². The van der Waals surface area contributed by atoms with Crippen LogP contribution in [0.1, 0.15) is 44.6 Å².